The van der Waals surface area contributed by atoms with Crippen molar-refractivity contribution in [1.29, 1.82) is 0 Å². The largest absolute Gasteiger partial charge is 0.321 e. The molecule has 0 saturated heterocycles. The van der Waals surface area contributed by atoms with Crippen molar-refractivity contribution < 1.29 is 4.79 Å². The summed E-state index contributed by atoms with van der Waals surface area (Å²) in [5.74, 6) is -0.205. The predicted molar refractivity (Wildman–Crippen MR) is 103 cm³/mol. The van der Waals surface area contributed by atoms with Crippen LogP contribution in [0.4, 0.5) is 5.69 Å². The molecule has 0 spiro atoms. The van der Waals surface area contributed by atoms with Gasteiger partial charge in [0.15, 0.2) is 0 Å². The van der Waals surface area contributed by atoms with Gasteiger partial charge in [0.25, 0.3) is 5.91 Å². The molecule has 1 aromatic carbocycles. The van der Waals surface area contributed by atoms with E-state index in [1.54, 1.807) is 30.7 Å². The van der Waals surface area contributed by atoms with Crippen LogP contribution in [0.2, 0.25) is 0 Å². The van der Waals surface area contributed by atoms with Gasteiger partial charge in [0, 0.05) is 34.6 Å². The summed E-state index contributed by atoms with van der Waals surface area (Å²) in [5.41, 5.74) is 4.12. The van der Waals surface area contributed by atoms with Gasteiger partial charge >= 0.3 is 0 Å². The second kappa shape index (κ2) is 7.11. The Kier molecular flexibility index (Phi) is 4.51. The van der Waals surface area contributed by atoms with Crippen LogP contribution < -0.4 is 5.32 Å². The molecule has 0 aliphatic carbocycles. The number of rotatable bonds is 4. The summed E-state index contributed by atoms with van der Waals surface area (Å²) in [6.07, 6.45) is 3.54. The SMILES string of the molecule is Cc1nnsc1C(=O)Nc1cccc(-c2csc(-c3cccnc3)n2)c1. The standard InChI is InChI=1S/C18H13N5OS2/c1-11-16(26-23-22-11)17(24)20-14-6-2-4-12(8-14)15-10-25-18(21-15)13-5-3-7-19-9-13/h2-10H,1H3,(H,20,24). The van der Waals surface area contributed by atoms with Crippen LogP contribution in [0.15, 0.2) is 54.2 Å². The normalized spacial score (nSPS) is 10.7. The lowest BCUT2D eigenvalue weighted by atomic mass is 10.1. The third kappa shape index (κ3) is 3.37. The Bertz CT molecular complexity index is 1060. The van der Waals surface area contributed by atoms with Crippen molar-refractivity contribution in [2.75, 3.05) is 5.32 Å². The van der Waals surface area contributed by atoms with Crippen molar-refractivity contribution in [1.82, 2.24) is 19.6 Å². The van der Waals surface area contributed by atoms with Gasteiger partial charge in [0.1, 0.15) is 9.88 Å². The lowest BCUT2D eigenvalue weighted by molar-refractivity contribution is 0.103. The Morgan fingerprint density at radius 1 is 1.15 bits per heavy atom. The van der Waals surface area contributed by atoms with Crippen molar-refractivity contribution in [3.05, 3.63) is 64.7 Å². The molecule has 3 heterocycles. The van der Waals surface area contributed by atoms with E-state index < -0.39 is 0 Å². The first-order valence-corrected chi connectivity index (χ1v) is 9.42. The molecule has 0 aliphatic heterocycles. The Hall–Kier alpha value is -2.97. The fourth-order valence-corrected chi connectivity index (χ4v) is 3.78. The number of aryl methyl sites for hydroxylation is 1. The summed E-state index contributed by atoms with van der Waals surface area (Å²) in [6.45, 7) is 1.77. The van der Waals surface area contributed by atoms with E-state index in [-0.39, 0.29) is 5.91 Å². The van der Waals surface area contributed by atoms with Crippen molar-refractivity contribution in [2.24, 2.45) is 0 Å². The van der Waals surface area contributed by atoms with Crippen LogP contribution >= 0.6 is 22.9 Å². The molecule has 4 aromatic rings. The van der Waals surface area contributed by atoms with Crippen LogP contribution in [0, 0.1) is 6.92 Å². The quantitative estimate of drug-likeness (QED) is 0.572. The molecule has 6 nitrogen and oxygen atoms in total. The Morgan fingerprint density at radius 3 is 2.81 bits per heavy atom. The molecule has 0 atom stereocenters. The van der Waals surface area contributed by atoms with Crippen LogP contribution in [-0.4, -0.2) is 25.5 Å². The smallest absolute Gasteiger partial charge is 0.269 e. The van der Waals surface area contributed by atoms with Gasteiger partial charge < -0.3 is 5.32 Å². The highest BCUT2D eigenvalue weighted by Crippen LogP contribution is 2.29. The van der Waals surface area contributed by atoms with Gasteiger partial charge in [-0.05, 0) is 42.7 Å². The maximum absolute atomic E-state index is 12.3. The summed E-state index contributed by atoms with van der Waals surface area (Å²) in [6, 6.07) is 11.5. The van der Waals surface area contributed by atoms with Crippen LogP contribution in [0.1, 0.15) is 15.4 Å². The number of anilines is 1. The topological polar surface area (TPSA) is 80.7 Å². The Balaban J connectivity index is 1.57. The lowest BCUT2D eigenvalue weighted by Crippen LogP contribution is -2.11. The van der Waals surface area contributed by atoms with E-state index in [0.29, 0.717) is 16.3 Å². The van der Waals surface area contributed by atoms with Gasteiger partial charge in [0.05, 0.1) is 11.4 Å². The molecule has 26 heavy (non-hydrogen) atoms. The predicted octanol–water partition coefficient (Wildman–Crippen LogP) is 4.28. The van der Waals surface area contributed by atoms with Gasteiger partial charge in [-0.15, -0.1) is 16.4 Å². The fraction of sp³-hybridized carbons (Fsp3) is 0.0556. The summed E-state index contributed by atoms with van der Waals surface area (Å²) >= 11 is 2.65. The van der Waals surface area contributed by atoms with Gasteiger partial charge in [-0.25, -0.2) is 4.98 Å². The minimum Gasteiger partial charge on any atom is -0.321 e. The van der Waals surface area contributed by atoms with Gasteiger partial charge in [-0.1, -0.05) is 16.6 Å². The molecule has 0 bridgehead atoms. The van der Waals surface area contributed by atoms with E-state index in [2.05, 4.69) is 24.9 Å². The molecule has 0 unspecified atom stereocenters. The van der Waals surface area contributed by atoms with E-state index in [4.69, 9.17) is 0 Å². The molecular weight excluding hydrogens is 366 g/mol. The first kappa shape index (κ1) is 16.5. The molecule has 1 N–H and O–H groups in total. The zero-order valence-corrected chi connectivity index (χ0v) is 15.3. The summed E-state index contributed by atoms with van der Waals surface area (Å²) < 4.78 is 3.80. The maximum Gasteiger partial charge on any atom is 0.269 e. The first-order chi connectivity index (χ1) is 12.7. The fourth-order valence-electron chi connectivity index (χ4n) is 2.41. The molecule has 0 saturated carbocycles. The number of pyridine rings is 1. The molecule has 1 amide bonds. The number of carbonyl (C=O) groups excluding carboxylic acids is 1. The third-order valence-electron chi connectivity index (χ3n) is 3.69. The number of aromatic nitrogens is 4. The zero-order valence-electron chi connectivity index (χ0n) is 13.7. The molecule has 8 heteroatoms. The van der Waals surface area contributed by atoms with Gasteiger partial charge in [-0.3, -0.25) is 9.78 Å². The second-order valence-corrected chi connectivity index (χ2v) is 7.11. The Morgan fingerprint density at radius 2 is 2.04 bits per heavy atom. The average Bonchev–Trinajstić information content (AvgIpc) is 3.32. The lowest BCUT2D eigenvalue weighted by Gasteiger charge is -2.05. The number of benzene rings is 1. The second-order valence-electron chi connectivity index (χ2n) is 5.50. The van der Waals surface area contributed by atoms with Crippen LogP contribution in [0.25, 0.3) is 21.8 Å². The average molecular weight is 379 g/mol. The number of carbonyl (C=O) groups is 1. The number of nitrogens with one attached hydrogen (secondary N) is 1. The minimum atomic E-state index is -0.205. The van der Waals surface area contributed by atoms with E-state index in [9.17, 15) is 4.79 Å². The molecule has 4 rings (SSSR count). The molecule has 0 aliphatic rings. The number of hydrogen-bond donors (Lipinski definition) is 1. The van der Waals surface area contributed by atoms with Gasteiger partial charge in [0.2, 0.25) is 0 Å². The first-order valence-electron chi connectivity index (χ1n) is 7.77. The zero-order chi connectivity index (χ0) is 17.9. The highest BCUT2D eigenvalue weighted by molar-refractivity contribution is 7.13. The molecule has 128 valence electrons. The van der Waals surface area contributed by atoms with Crippen molar-refractivity contribution in [3.8, 4) is 21.8 Å². The number of thiazole rings is 1. The Labute approximate surface area is 157 Å². The highest BCUT2D eigenvalue weighted by atomic mass is 32.1. The number of nitrogens with zero attached hydrogens (tertiary/aromatic N) is 4. The van der Waals surface area contributed by atoms with Crippen LogP contribution in [-0.2, 0) is 0 Å². The number of amides is 1. The highest BCUT2D eigenvalue weighted by Gasteiger charge is 2.14. The van der Waals surface area contributed by atoms with E-state index >= 15 is 0 Å². The van der Waals surface area contributed by atoms with E-state index in [1.165, 1.54) is 0 Å². The van der Waals surface area contributed by atoms with Gasteiger partial charge in [-0.2, -0.15) is 0 Å². The molecule has 0 fully saturated rings. The van der Waals surface area contributed by atoms with Crippen molar-refractivity contribution in [2.45, 2.75) is 6.92 Å². The molecule has 3 aromatic heterocycles. The third-order valence-corrected chi connectivity index (χ3v) is 5.40. The molecular formula is C18H13N5OS2. The monoisotopic (exact) mass is 379 g/mol. The molecule has 0 radical (unpaired) electrons. The number of hydrogen-bond acceptors (Lipinski definition) is 7. The van der Waals surface area contributed by atoms with Crippen molar-refractivity contribution in [3.63, 3.8) is 0 Å². The van der Waals surface area contributed by atoms with Crippen LogP contribution in [0.5, 0.6) is 0 Å². The minimum absolute atomic E-state index is 0.205. The van der Waals surface area contributed by atoms with E-state index in [1.807, 2.05) is 41.8 Å². The van der Waals surface area contributed by atoms with E-state index in [0.717, 1.165) is 33.4 Å². The van der Waals surface area contributed by atoms with Crippen molar-refractivity contribution >= 4 is 34.5 Å². The van der Waals surface area contributed by atoms with Crippen LogP contribution in [0.3, 0.4) is 0 Å². The summed E-state index contributed by atoms with van der Waals surface area (Å²) in [7, 11) is 0. The maximum atomic E-state index is 12.3. The summed E-state index contributed by atoms with van der Waals surface area (Å²) in [5, 5.41) is 9.67. The summed E-state index contributed by atoms with van der Waals surface area (Å²) in [4.78, 5) is 21.7.